The Labute approximate surface area is 136 Å². The van der Waals surface area contributed by atoms with Gasteiger partial charge in [0.1, 0.15) is 0 Å². The topological polar surface area (TPSA) is 25.2 Å². The molecule has 4 rings (SSSR count). The van der Waals surface area contributed by atoms with Gasteiger partial charge in [-0.1, -0.05) is 60.7 Å². The lowest BCUT2D eigenvalue weighted by atomic mass is 10.0. The molecule has 0 atom stereocenters. The summed E-state index contributed by atoms with van der Waals surface area (Å²) in [6.07, 6.45) is 4.20. The summed E-state index contributed by atoms with van der Waals surface area (Å²) in [4.78, 5) is 9.38. The first-order valence-electron chi connectivity index (χ1n) is 7.91. The van der Waals surface area contributed by atoms with Gasteiger partial charge in [-0.25, -0.2) is 4.99 Å². The summed E-state index contributed by atoms with van der Waals surface area (Å²) in [6, 6.07) is 24.7. The molecule has 0 aliphatic heterocycles. The molecule has 1 radical (unpaired) electrons. The molecule has 1 fully saturated rings. The Kier molecular flexibility index (Phi) is 3.73. The third-order valence-electron chi connectivity index (χ3n) is 3.94. The molecule has 1 saturated carbocycles. The number of hydrogen-bond acceptors (Lipinski definition) is 2. The maximum absolute atomic E-state index is 4.93. The predicted molar refractivity (Wildman–Crippen MR) is 94.0 cm³/mol. The number of hydrogen-bond donors (Lipinski definition) is 0. The SMILES string of the molecule is c1ccc(C(=Nc2ccnc([C]3CC3)c2)c2ccccc2)cc1. The second-order valence-electron chi connectivity index (χ2n) is 5.70. The molecule has 23 heavy (non-hydrogen) atoms. The molecule has 1 aliphatic carbocycles. The van der Waals surface area contributed by atoms with Crippen LogP contribution in [0.25, 0.3) is 0 Å². The standard InChI is InChI=1S/C21H17N2/c1-3-7-17(8-4-1)21(18-9-5-2-6-10-18)23-19-13-14-22-20(15-19)16-11-12-16/h1-10,13-15H,11-12H2. The molecular formula is C21H17N2. The number of pyridine rings is 1. The fourth-order valence-electron chi connectivity index (χ4n) is 2.62. The zero-order valence-corrected chi connectivity index (χ0v) is 12.8. The molecule has 0 saturated heterocycles. The summed E-state index contributed by atoms with van der Waals surface area (Å²) in [5.41, 5.74) is 5.28. The quantitative estimate of drug-likeness (QED) is 0.624. The van der Waals surface area contributed by atoms with Gasteiger partial charge in [0.15, 0.2) is 0 Å². The molecule has 1 aliphatic rings. The highest BCUT2D eigenvalue weighted by Gasteiger charge is 2.25. The predicted octanol–water partition coefficient (Wildman–Crippen LogP) is 4.97. The van der Waals surface area contributed by atoms with Crippen LogP contribution in [-0.2, 0) is 0 Å². The Hall–Kier alpha value is -2.74. The van der Waals surface area contributed by atoms with E-state index in [1.807, 2.05) is 48.7 Å². The average Bonchev–Trinajstić information content (AvgIpc) is 3.47. The second kappa shape index (κ2) is 6.17. The van der Waals surface area contributed by atoms with Gasteiger partial charge < -0.3 is 0 Å². The molecule has 2 heteroatoms. The maximum atomic E-state index is 4.93. The lowest BCUT2D eigenvalue weighted by Gasteiger charge is -2.08. The van der Waals surface area contributed by atoms with E-state index >= 15 is 0 Å². The molecule has 0 N–H and O–H groups in total. The highest BCUT2D eigenvalue weighted by Crippen LogP contribution is 2.38. The van der Waals surface area contributed by atoms with Crippen molar-refractivity contribution in [3.05, 3.63) is 102 Å². The van der Waals surface area contributed by atoms with Crippen LogP contribution >= 0.6 is 0 Å². The van der Waals surface area contributed by atoms with E-state index in [2.05, 4.69) is 35.3 Å². The van der Waals surface area contributed by atoms with Crippen LogP contribution in [0, 0.1) is 5.92 Å². The molecule has 2 nitrogen and oxygen atoms in total. The van der Waals surface area contributed by atoms with Crippen molar-refractivity contribution in [2.24, 2.45) is 4.99 Å². The Balaban J connectivity index is 1.80. The monoisotopic (exact) mass is 297 g/mol. The Morgan fingerprint density at radius 3 is 1.96 bits per heavy atom. The maximum Gasteiger partial charge on any atom is 0.0781 e. The zero-order valence-electron chi connectivity index (χ0n) is 12.8. The third-order valence-corrected chi connectivity index (χ3v) is 3.94. The van der Waals surface area contributed by atoms with Gasteiger partial charge in [0, 0.05) is 28.9 Å². The first kappa shape index (κ1) is 13.9. The van der Waals surface area contributed by atoms with Gasteiger partial charge in [-0.05, 0) is 25.0 Å². The van der Waals surface area contributed by atoms with Crippen LogP contribution in [0.1, 0.15) is 29.7 Å². The normalized spacial score (nSPS) is 13.6. The van der Waals surface area contributed by atoms with Crippen molar-refractivity contribution in [2.45, 2.75) is 12.8 Å². The van der Waals surface area contributed by atoms with Crippen LogP contribution in [0.5, 0.6) is 0 Å². The van der Waals surface area contributed by atoms with Gasteiger partial charge in [-0.15, -0.1) is 0 Å². The van der Waals surface area contributed by atoms with Gasteiger partial charge >= 0.3 is 0 Å². The summed E-state index contributed by atoms with van der Waals surface area (Å²) >= 11 is 0. The van der Waals surface area contributed by atoms with Crippen LogP contribution in [0.3, 0.4) is 0 Å². The average molecular weight is 297 g/mol. The molecule has 2 aromatic carbocycles. The number of aliphatic imine (C=N–C) groups is 1. The van der Waals surface area contributed by atoms with Crippen molar-refractivity contribution in [3.63, 3.8) is 0 Å². The van der Waals surface area contributed by atoms with E-state index in [4.69, 9.17) is 4.99 Å². The Morgan fingerprint density at radius 1 is 0.783 bits per heavy atom. The van der Waals surface area contributed by atoms with Crippen molar-refractivity contribution in [1.29, 1.82) is 0 Å². The van der Waals surface area contributed by atoms with E-state index in [0.29, 0.717) is 0 Å². The first-order valence-corrected chi connectivity index (χ1v) is 7.91. The number of rotatable bonds is 4. The van der Waals surface area contributed by atoms with Crippen LogP contribution in [0.15, 0.2) is 84.0 Å². The van der Waals surface area contributed by atoms with E-state index in [-0.39, 0.29) is 0 Å². The van der Waals surface area contributed by atoms with Crippen LogP contribution in [0.4, 0.5) is 5.69 Å². The minimum absolute atomic E-state index is 0.956. The smallest absolute Gasteiger partial charge is 0.0781 e. The minimum atomic E-state index is 0.956. The fourth-order valence-corrected chi connectivity index (χ4v) is 2.62. The van der Waals surface area contributed by atoms with Crippen LogP contribution in [-0.4, -0.2) is 10.7 Å². The van der Waals surface area contributed by atoms with Crippen LogP contribution < -0.4 is 0 Å². The zero-order chi connectivity index (χ0) is 15.5. The number of benzene rings is 2. The largest absolute Gasteiger partial charge is 0.261 e. The molecule has 0 amide bonds. The summed E-state index contributed by atoms with van der Waals surface area (Å²) in [5.74, 6) is 1.43. The second-order valence-corrected chi connectivity index (χ2v) is 5.70. The lowest BCUT2D eigenvalue weighted by molar-refractivity contribution is 1.18. The van der Waals surface area contributed by atoms with Gasteiger partial charge in [0.2, 0.25) is 0 Å². The highest BCUT2D eigenvalue weighted by molar-refractivity contribution is 6.13. The van der Waals surface area contributed by atoms with Crippen molar-refractivity contribution in [3.8, 4) is 0 Å². The fraction of sp³-hybridized carbons (Fsp3) is 0.0952. The van der Waals surface area contributed by atoms with Gasteiger partial charge in [-0.2, -0.15) is 0 Å². The summed E-state index contributed by atoms with van der Waals surface area (Å²) in [6.45, 7) is 0. The van der Waals surface area contributed by atoms with Gasteiger partial charge in [0.25, 0.3) is 0 Å². The van der Waals surface area contributed by atoms with E-state index in [1.165, 1.54) is 18.8 Å². The Morgan fingerprint density at radius 2 is 1.39 bits per heavy atom. The molecule has 0 bridgehead atoms. The summed E-state index contributed by atoms with van der Waals surface area (Å²) in [7, 11) is 0. The van der Waals surface area contributed by atoms with E-state index in [1.54, 1.807) is 0 Å². The van der Waals surface area contributed by atoms with E-state index in [9.17, 15) is 0 Å². The van der Waals surface area contributed by atoms with E-state index < -0.39 is 0 Å². The van der Waals surface area contributed by atoms with E-state index in [0.717, 1.165) is 28.2 Å². The van der Waals surface area contributed by atoms with Crippen molar-refractivity contribution in [2.75, 3.05) is 0 Å². The van der Waals surface area contributed by atoms with Crippen molar-refractivity contribution < 1.29 is 0 Å². The molecule has 1 heterocycles. The lowest BCUT2D eigenvalue weighted by Crippen LogP contribution is -2.02. The molecule has 3 aromatic rings. The molecule has 0 spiro atoms. The minimum Gasteiger partial charge on any atom is -0.261 e. The molecule has 111 valence electrons. The Bertz CT molecular complexity index is 777. The first-order chi connectivity index (χ1) is 11.4. The third kappa shape index (κ3) is 3.21. The highest BCUT2D eigenvalue weighted by atomic mass is 14.8. The van der Waals surface area contributed by atoms with Gasteiger partial charge in [0.05, 0.1) is 11.4 Å². The molecular weight excluding hydrogens is 280 g/mol. The van der Waals surface area contributed by atoms with Gasteiger partial charge in [-0.3, -0.25) is 4.98 Å². The van der Waals surface area contributed by atoms with Crippen molar-refractivity contribution in [1.82, 2.24) is 4.98 Å². The molecule has 0 unspecified atom stereocenters. The van der Waals surface area contributed by atoms with Crippen LogP contribution in [0.2, 0.25) is 0 Å². The summed E-state index contributed by atoms with van der Waals surface area (Å²) < 4.78 is 0. The number of nitrogens with zero attached hydrogens (tertiary/aromatic N) is 2. The number of aromatic nitrogens is 1. The van der Waals surface area contributed by atoms with Crippen molar-refractivity contribution >= 4 is 11.4 Å². The molecule has 1 aromatic heterocycles. The summed E-state index contributed by atoms with van der Waals surface area (Å²) in [5, 5.41) is 0.